The van der Waals surface area contributed by atoms with Crippen molar-refractivity contribution in [1.82, 2.24) is 0 Å². The van der Waals surface area contributed by atoms with Crippen LogP contribution >= 0.6 is 0 Å². The third kappa shape index (κ3) is 7.75. The molecule has 0 saturated heterocycles. The smallest absolute Gasteiger partial charge is 0.330 e. The van der Waals surface area contributed by atoms with Crippen LogP contribution in [0.25, 0.3) is 0 Å². The topological polar surface area (TPSA) is 26.3 Å². The van der Waals surface area contributed by atoms with Crippen LogP contribution in [0.3, 0.4) is 0 Å². The lowest BCUT2D eigenvalue weighted by atomic mass is 10.1. The number of hydrogen-bond donors (Lipinski definition) is 0. The van der Waals surface area contributed by atoms with Crippen molar-refractivity contribution in [2.45, 2.75) is 26.4 Å². The highest BCUT2D eigenvalue weighted by molar-refractivity contribution is 5.81. The van der Waals surface area contributed by atoms with Crippen molar-refractivity contribution in [3.05, 3.63) is 48.0 Å². The molecule has 0 spiro atoms. The molecule has 134 valence electrons. The standard InChI is InChI=1S/C20H34N2O2/c1-7-13-21(3,4)16-18-9-11-19(12-10-18)17-22(5,6)14-15-24-20(23)8-2/h8-12H,2,7,13-17H2,1,3-6H3/q+2. The average molecular weight is 335 g/mol. The van der Waals surface area contributed by atoms with Crippen LogP contribution in [0.2, 0.25) is 0 Å². The molecule has 0 radical (unpaired) electrons. The van der Waals surface area contributed by atoms with Gasteiger partial charge in [-0.1, -0.05) is 37.8 Å². The fourth-order valence-corrected chi connectivity index (χ4v) is 2.95. The van der Waals surface area contributed by atoms with E-state index >= 15 is 0 Å². The molecule has 4 nitrogen and oxygen atoms in total. The molecule has 0 N–H and O–H groups in total. The van der Waals surface area contributed by atoms with Gasteiger partial charge in [0.2, 0.25) is 0 Å². The third-order valence-electron chi connectivity index (χ3n) is 4.18. The van der Waals surface area contributed by atoms with E-state index in [1.165, 1.54) is 30.2 Å². The van der Waals surface area contributed by atoms with Crippen LogP contribution in [0.15, 0.2) is 36.9 Å². The number of carbonyl (C=O) groups is 1. The highest BCUT2D eigenvalue weighted by atomic mass is 16.5. The summed E-state index contributed by atoms with van der Waals surface area (Å²) in [5.41, 5.74) is 2.68. The number of rotatable bonds is 10. The Hall–Kier alpha value is -1.65. The quantitative estimate of drug-likeness (QED) is 0.373. The monoisotopic (exact) mass is 334 g/mol. The highest BCUT2D eigenvalue weighted by Crippen LogP contribution is 2.14. The summed E-state index contributed by atoms with van der Waals surface area (Å²) >= 11 is 0. The first-order valence-electron chi connectivity index (χ1n) is 8.68. The van der Waals surface area contributed by atoms with Crippen molar-refractivity contribution < 1.29 is 18.5 Å². The molecule has 0 heterocycles. The van der Waals surface area contributed by atoms with Gasteiger partial charge in [0.1, 0.15) is 26.2 Å². The number of nitrogens with zero attached hydrogens (tertiary/aromatic N) is 2. The van der Waals surface area contributed by atoms with E-state index in [1.54, 1.807) is 0 Å². The van der Waals surface area contributed by atoms with E-state index in [4.69, 9.17) is 4.74 Å². The first kappa shape index (κ1) is 20.4. The van der Waals surface area contributed by atoms with Crippen molar-refractivity contribution in [2.24, 2.45) is 0 Å². The molecule has 24 heavy (non-hydrogen) atoms. The Morgan fingerprint density at radius 3 is 1.88 bits per heavy atom. The Morgan fingerprint density at radius 2 is 1.46 bits per heavy atom. The summed E-state index contributed by atoms with van der Waals surface area (Å²) in [6, 6.07) is 8.92. The zero-order chi connectivity index (χ0) is 18.2. The van der Waals surface area contributed by atoms with E-state index in [0.717, 1.165) is 28.6 Å². The second-order valence-corrected chi connectivity index (χ2v) is 7.82. The van der Waals surface area contributed by atoms with Crippen LogP contribution < -0.4 is 0 Å². The molecule has 0 unspecified atom stereocenters. The fourth-order valence-electron chi connectivity index (χ4n) is 2.95. The van der Waals surface area contributed by atoms with Crippen LogP contribution in [0.4, 0.5) is 0 Å². The van der Waals surface area contributed by atoms with Crippen molar-refractivity contribution >= 4 is 5.97 Å². The van der Waals surface area contributed by atoms with Gasteiger partial charge >= 0.3 is 5.97 Å². The second-order valence-electron chi connectivity index (χ2n) is 7.82. The summed E-state index contributed by atoms with van der Waals surface area (Å²) in [7, 11) is 8.86. The molecule has 0 aliphatic carbocycles. The predicted octanol–water partition coefficient (Wildman–Crippen LogP) is 2.98. The van der Waals surface area contributed by atoms with E-state index in [2.05, 4.69) is 66.0 Å². The first-order chi connectivity index (χ1) is 11.2. The summed E-state index contributed by atoms with van der Waals surface area (Å²) < 4.78 is 6.89. The zero-order valence-electron chi connectivity index (χ0n) is 16.0. The minimum Gasteiger partial charge on any atom is -0.457 e. The van der Waals surface area contributed by atoms with Crippen LogP contribution in [0, 0.1) is 0 Å². The Kier molecular flexibility index (Phi) is 7.64. The van der Waals surface area contributed by atoms with Crippen LogP contribution in [0.1, 0.15) is 24.5 Å². The number of carbonyl (C=O) groups excluding carboxylic acids is 1. The Bertz CT molecular complexity index is 533. The van der Waals surface area contributed by atoms with Crippen LogP contribution in [-0.4, -0.2) is 62.8 Å². The van der Waals surface area contributed by atoms with E-state index in [9.17, 15) is 4.79 Å². The van der Waals surface area contributed by atoms with Gasteiger partial charge in [0.05, 0.1) is 34.7 Å². The van der Waals surface area contributed by atoms with E-state index in [-0.39, 0.29) is 5.97 Å². The number of esters is 1. The summed E-state index contributed by atoms with van der Waals surface area (Å²) in [6.07, 6.45) is 2.41. The summed E-state index contributed by atoms with van der Waals surface area (Å²) in [5, 5.41) is 0. The molecule has 1 rings (SSSR count). The molecular weight excluding hydrogens is 300 g/mol. The number of quaternary nitrogens is 2. The lowest BCUT2D eigenvalue weighted by Crippen LogP contribution is -2.41. The summed E-state index contributed by atoms with van der Waals surface area (Å²) in [6.45, 7) is 10.00. The molecule has 0 saturated carbocycles. The van der Waals surface area contributed by atoms with Crippen molar-refractivity contribution in [3.8, 4) is 0 Å². The van der Waals surface area contributed by atoms with E-state index in [0.29, 0.717) is 6.61 Å². The lowest BCUT2D eigenvalue weighted by Gasteiger charge is -2.30. The Labute approximate surface area is 147 Å². The van der Waals surface area contributed by atoms with Gasteiger partial charge < -0.3 is 13.7 Å². The van der Waals surface area contributed by atoms with Crippen LogP contribution in [-0.2, 0) is 22.6 Å². The van der Waals surface area contributed by atoms with Gasteiger partial charge in [0, 0.05) is 17.2 Å². The van der Waals surface area contributed by atoms with Gasteiger partial charge in [-0.3, -0.25) is 0 Å². The predicted molar refractivity (Wildman–Crippen MR) is 99.2 cm³/mol. The number of benzene rings is 1. The molecule has 4 heteroatoms. The van der Waals surface area contributed by atoms with Gasteiger partial charge in [0.15, 0.2) is 0 Å². The molecule has 1 aromatic carbocycles. The van der Waals surface area contributed by atoms with Crippen molar-refractivity contribution in [2.75, 3.05) is 47.9 Å². The fraction of sp³-hybridized carbons (Fsp3) is 0.550. The van der Waals surface area contributed by atoms with E-state index in [1.807, 2.05) is 0 Å². The lowest BCUT2D eigenvalue weighted by molar-refractivity contribution is -0.904. The number of likely N-dealkylation sites (N-methyl/N-ethyl adjacent to an activating group) is 1. The Morgan fingerprint density at radius 1 is 1.00 bits per heavy atom. The molecule has 0 aromatic heterocycles. The maximum absolute atomic E-state index is 11.1. The molecule has 0 atom stereocenters. The molecule has 0 aliphatic rings. The van der Waals surface area contributed by atoms with Gasteiger partial charge in [-0.2, -0.15) is 0 Å². The second kappa shape index (κ2) is 9.00. The van der Waals surface area contributed by atoms with E-state index < -0.39 is 0 Å². The molecule has 0 amide bonds. The minimum atomic E-state index is -0.354. The molecule has 0 aliphatic heterocycles. The highest BCUT2D eigenvalue weighted by Gasteiger charge is 2.18. The van der Waals surface area contributed by atoms with Crippen LogP contribution in [0.5, 0.6) is 0 Å². The minimum absolute atomic E-state index is 0.354. The largest absolute Gasteiger partial charge is 0.457 e. The third-order valence-corrected chi connectivity index (χ3v) is 4.18. The molecule has 1 aromatic rings. The zero-order valence-corrected chi connectivity index (χ0v) is 16.0. The van der Waals surface area contributed by atoms with Gasteiger partial charge in [0.25, 0.3) is 0 Å². The van der Waals surface area contributed by atoms with Crippen molar-refractivity contribution in [3.63, 3.8) is 0 Å². The summed E-state index contributed by atoms with van der Waals surface area (Å²) in [4.78, 5) is 11.1. The molecular formula is C20H34N2O2+2. The average Bonchev–Trinajstić information content (AvgIpc) is 2.48. The first-order valence-corrected chi connectivity index (χ1v) is 8.68. The summed E-state index contributed by atoms with van der Waals surface area (Å²) in [5.74, 6) is -0.354. The maximum atomic E-state index is 11.1. The van der Waals surface area contributed by atoms with Crippen molar-refractivity contribution in [1.29, 1.82) is 0 Å². The van der Waals surface area contributed by atoms with Gasteiger partial charge in [-0.15, -0.1) is 0 Å². The van der Waals surface area contributed by atoms with Gasteiger partial charge in [-0.05, 0) is 6.42 Å². The maximum Gasteiger partial charge on any atom is 0.330 e. The molecule has 0 fully saturated rings. The normalized spacial score (nSPS) is 12.0. The van der Waals surface area contributed by atoms with Gasteiger partial charge in [-0.25, -0.2) is 4.79 Å². The Balaban J connectivity index is 2.56. The molecule has 0 bridgehead atoms. The SMILES string of the molecule is C=CC(=O)OCC[N+](C)(C)Cc1ccc(C[N+](C)(C)CCC)cc1. The number of hydrogen-bond acceptors (Lipinski definition) is 2. The number of ether oxygens (including phenoxy) is 1.